The van der Waals surface area contributed by atoms with Gasteiger partial charge in [0.15, 0.2) is 0 Å². The van der Waals surface area contributed by atoms with Crippen molar-refractivity contribution >= 4 is 5.97 Å². The van der Waals surface area contributed by atoms with Gasteiger partial charge in [-0.15, -0.1) is 0 Å². The molecule has 0 rings (SSSR count). The average Bonchev–Trinajstić information content (AvgIpc) is 1.84. The summed E-state index contributed by atoms with van der Waals surface area (Å²) in [6.45, 7) is 7.63. The van der Waals surface area contributed by atoms with Crippen molar-refractivity contribution in [2.24, 2.45) is 5.92 Å². The van der Waals surface area contributed by atoms with E-state index in [1.807, 2.05) is 13.0 Å². The van der Waals surface area contributed by atoms with Gasteiger partial charge in [-0.3, -0.25) is 0 Å². The molecule has 0 aromatic carbocycles. The van der Waals surface area contributed by atoms with E-state index < -0.39 is 5.97 Å². The minimum absolute atomic E-state index is 0.379. The zero-order valence-corrected chi connectivity index (χ0v) is 8.09. The molecule has 0 saturated carbocycles. The van der Waals surface area contributed by atoms with Crippen LogP contribution in [-0.4, -0.2) is 11.1 Å². The van der Waals surface area contributed by atoms with Gasteiger partial charge in [-0.25, -0.2) is 4.79 Å². The summed E-state index contributed by atoms with van der Waals surface area (Å²) in [4.78, 5) is 10.4. The van der Waals surface area contributed by atoms with E-state index >= 15 is 0 Å². The second-order valence-corrected chi connectivity index (χ2v) is 3.29. The van der Waals surface area contributed by atoms with E-state index in [0.29, 0.717) is 11.5 Å². The Balaban J connectivity index is 4.43. The van der Waals surface area contributed by atoms with Crippen LogP contribution in [0, 0.1) is 5.92 Å². The Morgan fingerprint density at radius 3 is 2.17 bits per heavy atom. The highest BCUT2D eigenvalue weighted by molar-refractivity contribution is 5.86. The second kappa shape index (κ2) is 4.75. The first kappa shape index (κ1) is 11.0. The van der Waals surface area contributed by atoms with E-state index in [0.717, 1.165) is 5.57 Å². The largest absolute Gasteiger partial charge is 0.478 e. The smallest absolute Gasteiger partial charge is 0.331 e. The molecule has 0 aromatic heterocycles. The zero-order chi connectivity index (χ0) is 9.72. The van der Waals surface area contributed by atoms with E-state index in [2.05, 4.69) is 13.8 Å². The maximum Gasteiger partial charge on any atom is 0.331 e. The van der Waals surface area contributed by atoms with Gasteiger partial charge in [0.05, 0.1) is 0 Å². The molecule has 0 saturated heterocycles. The predicted octanol–water partition coefficient (Wildman–Crippen LogP) is 2.62. The van der Waals surface area contributed by atoms with Crippen LogP contribution in [0.15, 0.2) is 23.3 Å². The van der Waals surface area contributed by atoms with Crippen LogP contribution in [0.4, 0.5) is 0 Å². The molecule has 0 spiro atoms. The summed E-state index contributed by atoms with van der Waals surface area (Å²) in [7, 11) is 0. The molecule has 2 heteroatoms. The number of carboxylic acid groups (broad SMARTS) is 1. The minimum Gasteiger partial charge on any atom is -0.478 e. The number of aliphatic carboxylic acids is 1. The summed E-state index contributed by atoms with van der Waals surface area (Å²) in [5, 5.41) is 8.57. The fourth-order valence-corrected chi connectivity index (χ4v) is 0.977. The number of hydrogen-bond acceptors (Lipinski definition) is 1. The summed E-state index contributed by atoms with van der Waals surface area (Å²) in [6, 6.07) is 0. The van der Waals surface area contributed by atoms with Gasteiger partial charge in [0.25, 0.3) is 0 Å². The third-order valence-corrected chi connectivity index (χ3v) is 1.38. The Kier molecular flexibility index (Phi) is 4.34. The molecule has 12 heavy (non-hydrogen) atoms. The molecule has 0 bridgehead atoms. The van der Waals surface area contributed by atoms with Gasteiger partial charge in [0.1, 0.15) is 0 Å². The third-order valence-electron chi connectivity index (χ3n) is 1.38. The molecular formula is C10H16O2. The van der Waals surface area contributed by atoms with Crippen LogP contribution in [-0.2, 0) is 4.79 Å². The van der Waals surface area contributed by atoms with Crippen molar-refractivity contribution < 1.29 is 9.90 Å². The number of carboxylic acids is 1. The summed E-state index contributed by atoms with van der Waals surface area (Å²) in [6.07, 6.45) is 3.72. The van der Waals surface area contributed by atoms with Crippen molar-refractivity contribution in [2.75, 3.05) is 0 Å². The SMILES string of the molecule is CC(=CC(C)C)C=C(C)C(=O)O. The highest BCUT2D eigenvalue weighted by Gasteiger charge is 1.98. The van der Waals surface area contributed by atoms with Gasteiger partial charge in [-0.05, 0) is 25.8 Å². The van der Waals surface area contributed by atoms with Crippen LogP contribution in [0.25, 0.3) is 0 Å². The maximum absolute atomic E-state index is 10.4. The molecule has 0 aromatic rings. The van der Waals surface area contributed by atoms with Crippen molar-refractivity contribution in [1.29, 1.82) is 0 Å². The standard InChI is InChI=1S/C10H16O2/c1-7(2)5-8(3)6-9(4)10(11)12/h5-7H,1-4H3,(H,11,12). The molecule has 1 N–H and O–H groups in total. The summed E-state index contributed by atoms with van der Waals surface area (Å²) in [5.74, 6) is -0.394. The Morgan fingerprint density at radius 2 is 1.83 bits per heavy atom. The van der Waals surface area contributed by atoms with Gasteiger partial charge in [0, 0.05) is 5.57 Å². The van der Waals surface area contributed by atoms with E-state index in [9.17, 15) is 4.79 Å². The Hall–Kier alpha value is -1.05. The lowest BCUT2D eigenvalue weighted by molar-refractivity contribution is -0.132. The first-order chi connectivity index (χ1) is 5.43. The molecule has 0 amide bonds. The van der Waals surface area contributed by atoms with E-state index in [-0.39, 0.29) is 0 Å². The fourth-order valence-electron chi connectivity index (χ4n) is 0.977. The Bertz CT molecular complexity index is 222. The number of hydrogen-bond donors (Lipinski definition) is 1. The number of rotatable bonds is 3. The molecule has 0 unspecified atom stereocenters. The van der Waals surface area contributed by atoms with Crippen molar-refractivity contribution in [1.82, 2.24) is 0 Å². The quantitative estimate of drug-likeness (QED) is 0.519. The molecule has 0 aliphatic heterocycles. The maximum atomic E-state index is 10.4. The third kappa shape index (κ3) is 4.72. The highest BCUT2D eigenvalue weighted by atomic mass is 16.4. The van der Waals surface area contributed by atoms with Crippen LogP contribution in [0.3, 0.4) is 0 Å². The normalized spacial score (nSPS) is 13.8. The molecule has 0 aliphatic rings. The summed E-state index contributed by atoms with van der Waals surface area (Å²) in [5.41, 5.74) is 1.38. The van der Waals surface area contributed by atoms with E-state index in [4.69, 9.17) is 5.11 Å². The molecule has 0 atom stereocenters. The highest BCUT2D eigenvalue weighted by Crippen LogP contribution is 2.05. The van der Waals surface area contributed by atoms with Gasteiger partial charge < -0.3 is 5.11 Å². The van der Waals surface area contributed by atoms with E-state index in [1.165, 1.54) is 0 Å². The zero-order valence-electron chi connectivity index (χ0n) is 8.09. The van der Waals surface area contributed by atoms with Gasteiger partial charge >= 0.3 is 5.97 Å². The number of allylic oxidation sites excluding steroid dienone is 3. The molecule has 68 valence electrons. The van der Waals surface area contributed by atoms with E-state index in [1.54, 1.807) is 13.0 Å². The molecule has 0 heterocycles. The topological polar surface area (TPSA) is 37.3 Å². The summed E-state index contributed by atoms with van der Waals surface area (Å²) < 4.78 is 0. The van der Waals surface area contributed by atoms with Gasteiger partial charge in [-0.1, -0.05) is 25.5 Å². The predicted molar refractivity (Wildman–Crippen MR) is 50.0 cm³/mol. The van der Waals surface area contributed by atoms with Crippen molar-refractivity contribution in [3.63, 3.8) is 0 Å². The lowest BCUT2D eigenvalue weighted by atomic mass is 10.1. The average molecular weight is 168 g/mol. The first-order valence-corrected chi connectivity index (χ1v) is 4.03. The molecule has 0 aliphatic carbocycles. The first-order valence-electron chi connectivity index (χ1n) is 4.03. The fraction of sp³-hybridized carbons (Fsp3) is 0.500. The molecular weight excluding hydrogens is 152 g/mol. The van der Waals surface area contributed by atoms with Crippen LogP contribution in [0.5, 0.6) is 0 Å². The molecule has 0 radical (unpaired) electrons. The second-order valence-electron chi connectivity index (χ2n) is 3.29. The van der Waals surface area contributed by atoms with Crippen molar-refractivity contribution in [3.8, 4) is 0 Å². The lowest BCUT2D eigenvalue weighted by Gasteiger charge is -1.98. The van der Waals surface area contributed by atoms with Crippen LogP contribution < -0.4 is 0 Å². The molecule has 2 nitrogen and oxygen atoms in total. The van der Waals surface area contributed by atoms with Crippen molar-refractivity contribution in [3.05, 3.63) is 23.3 Å². The summed E-state index contributed by atoms with van der Waals surface area (Å²) >= 11 is 0. The lowest BCUT2D eigenvalue weighted by Crippen LogP contribution is -1.96. The minimum atomic E-state index is -0.855. The number of carbonyl (C=O) groups is 1. The van der Waals surface area contributed by atoms with Crippen molar-refractivity contribution in [2.45, 2.75) is 27.7 Å². The molecule has 0 fully saturated rings. The van der Waals surface area contributed by atoms with Crippen LogP contribution in [0.1, 0.15) is 27.7 Å². The van der Waals surface area contributed by atoms with Crippen LogP contribution in [0.2, 0.25) is 0 Å². The Morgan fingerprint density at radius 1 is 1.33 bits per heavy atom. The van der Waals surface area contributed by atoms with Gasteiger partial charge in [0.2, 0.25) is 0 Å². The Labute approximate surface area is 73.6 Å². The van der Waals surface area contributed by atoms with Gasteiger partial charge in [-0.2, -0.15) is 0 Å². The monoisotopic (exact) mass is 168 g/mol. The van der Waals surface area contributed by atoms with Crippen LogP contribution >= 0.6 is 0 Å².